The van der Waals surface area contributed by atoms with Gasteiger partial charge in [-0.2, -0.15) is 0 Å². The highest BCUT2D eigenvalue weighted by Gasteiger charge is 2.05. The van der Waals surface area contributed by atoms with E-state index >= 15 is 0 Å². The first-order valence-corrected chi connectivity index (χ1v) is 15.6. The topological polar surface area (TPSA) is 168 Å². The predicted molar refractivity (Wildman–Crippen MR) is 173 cm³/mol. The molecule has 3 N–H and O–H groups in total. The summed E-state index contributed by atoms with van der Waals surface area (Å²) < 4.78 is 32.2. The second kappa shape index (κ2) is 29.1. The van der Waals surface area contributed by atoms with Crippen molar-refractivity contribution < 1.29 is 47.6 Å². The van der Waals surface area contributed by atoms with Crippen molar-refractivity contribution >= 4 is 29.6 Å². The summed E-state index contributed by atoms with van der Waals surface area (Å²) in [6.07, 6.45) is 3.47. The molecule has 0 spiro atoms. The fourth-order valence-corrected chi connectivity index (χ4v) is 3.35. The van der Waals surface area contributed by atoms with Crippen molar-refractivity contribution in [1.82, 2.24) is 16.0 Å². The second-order valence-electron chi connectivity index (χ2n) is 9.95. The van der Waals surface area contributed by atoms with E-state index in [9.17, 15) is 14.4 Å². The molecule has 15 heteroatoms. The maximum atomic E-state index is 11.8. The van der Waals surface area contributed by atoms with E-state index in [1.165, 1.54) is 0 Å². The van der Waals surface area contributed by atoms with E-state index in [4.69, 9.17) is 33.3 Å². The first-order chi connectivity index (χ1) is 22.4. The molecule has 0 aliphatic rings. The van der Waals surface area contributed by atoms with Gasteiger partial charge < -0.3 is 54.1 Å². The van der Waals surface area contributed by atoms with E-state index in [1.807, 2.05) is 50.2 Å². The van der Waals surface area contributed by atoms with Gasteiger partial charge >= 0.3 is 0 Å². The van der Waals surface area contributed by atoms with Crippen molar-refractivity contribution in [3.63, 3.8) is 0 Å². The zero-order chi connectivity index (χ0) is 33.5. The maximum Gasteiger partial charge on any atom is 0.260 e. The van der Waals surface area contributed by atoms with Crippen LogP contribution in [0.2, 0.25) is 0 Å². The summed E-state index contributed by atoms with van der Waals surface area (Å²) in [7, 11) is 3.94. The minimum Gasteiger partial charge on any atom is -0.386 e. The highest BCUT2D eigenvalue weighted by Crippen LogP contribution is 2.10. The van der Waals surface area contributed by atoms with Crippen molar-refractivity contribution in [2.75, 3.05) is 125 Å². The molecule has 262 valence electrons. The van der Waals surface area contributed by atoms with E-state index in [0.29, 0.717) is 85.7 Å². The van der Waals surface area contributed by atoms with Crippen molar-refractivity contribution in [3.05, 3.63) is 29.8 Å². The number of anilines is 1. The number of nitrogens with one attached hydrogen (secondary N) is 3. The van der Waals surface area contributed by atoms with E-state index in [1.54, 1.807) is 6.21 Å². The SMILES string of the molecule is CCCCNC(=O)COCC(=O)NCCOCCOCCOCCOCCOCCNC(=O)CO/N=C/c1ccc(N(C)C)cc1. The number of oxime groups is 1. The number of carbonyl (C=O) groups is 3. The van der Waals surface area contributed by atoms with Crippen LogP contribution in [0.15, 0.2) is 29.4 Å². The molecule has 0 aliphatic carbocycles. The van der Waals surface area contributed by atoms with Crippen molar-refractivity contribution in [3.8, 4) is 0 Å². The van der Waals surface area contributed by atoms with Crippen molar-refractivity contribution in [1.29, 1.82) is 0 Å². The van der Waals surface area contributed by atoms with Crippen LogP contribution in [0.3, 0.4) is 0 Å². The van der Waals surface area contributed by atoms with Crippen LogP contribution in [0.5, 0.6) is 0 Å². The van der Waals surface area contributed by atoms with Crippen LogP contribution in [-0.2, 0) is 47.6 Å². The van der Waals surface area contributed by atoms with Gasteiger partial charge in [0.05, 0.1) is 72.3 Å². The van der Waals surface area contributed by atoms with E-state index in [2.05, 4.69) is 21.1 Å². The molecule has 0 fully saturated rings. The lowest BCUT2D eigenvalue weighted by atomic mass is 10.2. The maximum absolute atomic E-state index is 11.8. The molecule has 0 aliphatic heterocycles. The van der Waals surface area contributed by atoms with Gasteiger partial charge in [-0.15, -0.1) is 0 Å². The van der Waals surface area contributed by atoms with Crippen LogP contribution >= 0.6 is 0 Å². The number of carbonyl (C=O) groups excluding carboxylic acids is 3. The smallest absolute Gasteiger partial charge is 0.260 e. The molecular weight excluding hydrogens is 602 g/mol. The second-order valence-corrected chi connectivity index (χ2v) is 9.95. The minimum absolute atomic E-state index is 0.135. The molecule has 1 aromatic rings. The summed E-state index contributed by atoms with van der Waals surface area (Å²) in [5, 5.41) is 11.9. The van der Waals surface area contributed by atoms with E-state index in [-0.39, 0.29) is 37.5 Å². The molecular formula is C31H53N5O10. The Morgan fingerprint density at radius 2 is 1.07 bits per heavy atom. The van der Waals surface area contributed by atoms with Crippen LogP contribution in [0.25, 0.3) is 0 Å². The van der Waals surface area contributed by atoms with Crippen LogP contribution in [0.4, 0.5) is 5.69 Å². The minimum atomic E-state index is -0.303. The summed E-state index contributed by atoms with van der Waals surface area (Å²) in [4.78, 5) is 42.0. The molecule has 0 bridgehead atoms. The molecule has 0 saturated heterocycles. The van der Waals surface area contributed by atoms with Gasteiger partial charge in [-0.3, -0.25) is 14.4 Å². The largest absolute Gasteiger partial charge is 0.386 e. The first-order valence-electron chi connectivity index (χ1n) is 15.6. The average molecular weight is 656 g/mol. The highest BCUT2D eigenvalue weighted by atomic mass is 16.6. The Balaban J connectivity index is 1.78. The molecule has 0 unspecified atom stereocenters. The molecule has 1 aromatic carbocycles. The van der Waals surface area contributed by atoms with Crippen LogP contribution in [0.1, 0.15) is 25.3 Å². The lowest BCUT2D eigenvalue weighted by Gasteiger charge is -2.11. The molecule has 15 nitrogen and oxygen atoms in total. The fourth-order valence-electron chi connectivity index (χ4n) is 3.35. The number of ether oxygens (including phenoxy) is 6. The molecule has 46 heavy (non-hydrogen) atoms. The van der Waals surface area contributed by atoms with Gasteiger partial charge in [-0.25, -0.2) is 0 Å². The quantitative estimate of drug-likeness (QED) is 0.0595. The van der Waals surface area contributed by atoms with Crippen LogP contribution in [-0.4, -0.2) is 144 Å². The van der Waals surface area contributed by atoms with Crippen molar-refractivity contribution in [2.24, 2.45) is 5.16 Å². The molecule has 3 amide bonds. The Morgan fingerprint density at radius 1 is 0.630 bits per heavy atom. The zero-order valence-corrected chi connectivity index (χ0v) is 27.6. The fraction of sp³-hybridized carbons (Fsp3) is 0.677. The number of amides is 3. The monoisotopic (exact) mass is 655 g/mol. The van der Waals surface area contributed by atoms with E-state index in [0.717, 1.165) is 24.1 Å². The molecule has 0 saturated carbocycles. The first kappa shape index (κ1) is 40.7. The Kier molecular flexibility index (Phi) is 25.7. The van der Waals surface area contributed by atoms with Gasteiger partial charge in [0.2, 0.25) is 11.8 Å². The zero-order valence-electron chi connectivity index (χ0n) is 27.6. The van der Waals surface area contributed by atoms with Crippen molar-refractivity contribution in [2.45, 2.75) is 19.8 Å². The Morgan fingerprint density at radius 3 is 1.52 bits per heavy atom. The van der Waals surface area contributed by atoms with Gasteiger partial charge in [-0.1, -0.05) is 30.6 Å². The number of hydrogen-bond acceptors (Lipinski definition) is 12. The number of hydrogen-bond donors (Lipinski definition) is 3. The number of unbranched alkanes of at least 4 members (excludes halogenated alkanes) is 1. The van der Waals surface area contributed by atoms with Gasteiger partial charge in [0.1, 0.15) is 13.2 Å². The number of nitrogens with zero attached hydrogens (tertiary/aromatic N) is 2. The third-order valence-electron chi connectivity index (χ3n) is 5.83. The van der Waals surface area contributed by atoms with Gasteiger partial charge in [-0.05, 0) is 24.1 Å². The lowest BCUT2D eigenvalue weighted by Crippen LogP contribution is -2.33. The van der Waals surface area contributed by atoms with Gasteiger partial charge in [0.15, 0.2) is 6.61 Å². The number of benzene rings is 1. The summed E-state index contributed by atoms with van der Waals surface area (Å²) in [5.41, 5.74) is 1.96. The molecule has 0 aromatic heterocycles. The average Bonchev–Trinajstić information content (AvgIpc) is 3.04. The van der Waals surface area contributed by atoms with Gasteiger partial charge in [0.25, 0.3) is 5.91 Å². The summed E-state index contributed by atoms with van der Waals surface area (Å²) in [6.45, 7) is 6.95. The molecule has 0 radical (unpaired) electrons. The summed E-state index contributed by atoms with van der Waals surface area (Å²) in [6, 6.07) is 7.78. The van der Waals surface area contributed by atoms with E-state index < -0.39 is 0 Å². The van der Waals surface area contributed by atoms with Gasteiger partial charge in [0, 0.05) is 39.4 Å². The van der Waals surface area contributed by atoms with Crippen LogP contribution in [0, 0.1) is 0 Å². The Bertz CT molecular complexity index is 950. The predicted octanol–water partition coefficient (Wildman–Crippen LogP) is 0.351. The molecule has 0 heterocycles. The summed E-state index contributed by atoms with van der Waals surface area (Å²) >= 11 is 0. The normalized spacial score (nSPS) is 11.0. The highest BCUT2D eigenvalue weighted by molar-refractivity contribution is 5.80. The van der Waals surface area contributed by atoms with Crippen LogP contribution < -0.4 is 20.9 Å². The Labute approximate surface area is 272 Å². The molecule has 1 rings (SSSR count). The Hall–Kier alpha value is -3.34. The lowest BCUT2D eigenvalue weighted by molar-refractivity contribution is -0.131. The summed E-state index contributed by atoms with van der Waals surface area (Å²) in [5.74, 6) is -0.809. The number of rotatable bonds is 30. The third-order valence-corrected chi connectivity index (χ3v) is 5.83. The molecule has 0 atom stereocenters. The standard InChI is InChI=1S/C31H53N5O10/c1-4-5-10-32-29(37)24-45-25-30(38)33-11-13-40-15-17-42-19-21-44-22-20-43-18-16-41-14-12-34-31(39)26-46-35-23-27-6-8-28(9-7-27)36(2)3/h6-9,23H,4-5,10-22,24-26H2,1-3H3,(H,32,37)(H,33,38)(H,34,39)/b35-23+. The third kappa shape index (κ3) is 24.9.